The summed E-state index contributed by atoms with van der Waals surface area (Å²) in [6, 6.07) is 2.02. The predicted molar refractivity (Wildman–Crippen MR) is 119 cm³/mol. The number of carbonyl (C=O) groups excluding carboxylic acids is 1. The molecule has 8 nitrogen and oxygen atoms in total. The minimum absolute atomic E-state index is 0.0414. The van der Waals surface area contributed by atoms with E-state index in [1.807, 2.05) is 0 Å². The van der Waals surface area contributed by atoms with Gasteiger partial charge in [0.05, 0.1) is 12.6 Å². The zero-order valence-corrected chi connectivity index (χ0v) is 19.1. The average Bonchev–Trinajstić information content (AvgIpc) is 3.53. The first kappa shape index (κ1) is 21.8. The van der Waals surface area contributed by atoms with Crippen molar-refractivity contribution < 1.29 is 4.79 Å². The van der Waals surface area contributed by atoms with E-state index in [4.69, 9.17) is 0 Å². The van der Waals surface area contributed by atoms with Crippen LogP contribution in [0.3, 0.4) is 0 Å². The molecule has 32 heavy (non-hydrogen) atoms. The first-order valence-corrected chi connectivity index (χ1v) is 12.9. The first-order chi connectivity index (χ1) is 15.7. The summed E-state index contributed by atoms with van der Waals surface area (Å²) in [5, 5.41) is 28.7. The second-order valence-electron chi connectivity index (χ2n) is 10.6. The zero-order valence-electron chi connectivity index (χ0n) is 19.1. The highest BCUT2D eigenvalue weighted by Gasteiger charge is 2.58. The van der Waals surface area contributed by atoms with E-state index < -0.39 is 0 Å². The first-order valence-electron chi connectivity index (χ1n) is 12.9. The van der Waals surface area contributed by atoms with Gasteiger partial charge in [0.25, 0.3) is 0 Å². The van der Waals surface area contributed by atoms with Gasteiger partial charge in [-0.1, -0.05) is 43.7 Å². The Hall–Kier alpha value is -2.01. The van der Waals surface area contributed by atoms with Crippen LogP contribution >= 0.6 is 0 Å². The molecular weight excluding hydrogens is 402 g/mol. The lowest BCUT2D eigenvalue weighted by molar-refractivity contribution is -0.130. The van der Waals surface area contributed by atoms with Crippen LogP contribution in [-0.2, 0) is 10.2 Å². The van der Waals surface area contributed by atoms with Crippen LogP contribution in [0.4, 0.5) is 0 Å². The largest absolute Gasteiger partial charge is 0.326 e. The van der Waals surface area contributed by atoms with Gasteiger partial charge in [0, 0.05) is 12.0 Å². The van der Waals surface area contributed by atoms with E-state index in [1.165, 1.54) is 57.8 Å². The zero-order chi connectivity index (χ0) is 22.0. The third kappa shape index (κ3) is 3.83. The fraction of sp³-hybridized carbons (Fsp3) is 0.875. The molecule has 3 aliphatic carbocycles. The smallest absolute Gasteiger partial charge is 0.237 e. The van der Waals surface area contributed by atoms with Crippen LogP contribution in [0.2, 0.25) is 0 Å². The quantitative estimate of drug-likeness (QED) is 0.659. The van der Waals surface area contributed by atoms with Crippen LogP contribution in [0.15, 0.2) is 0 Å². The highest BCUT2D eigenvalue weighted by atomic mass is 16.2. The van der Waals surface area contributed by atoms with Crippen LogP contribution in [0, 0.1) is 35.0 Å². The fourth-order valence-electron chi connectivity index (χ4n) is 7.96. The summed E-state index contributed by atoms with van der Waals surface area (Å²) in [4.78, 5) is 14.4. The van der Waals surface area contributed by atoms with Crippen molar-refractivity contribution in [1.82, 2.24) is 30.8 Å². The molecule has 3 saturated carbocycles. The lowest BCUT2D eigenvalue weighted by Gasteiger charge is -2.58. The van der Waals surface area contributed by atoms with Crippen LogP contribution in [-0.4, -0.2) is 57.1 Å². The minimum Gasteiger partial charge on any atom is -0.326 e. The van der Waals surface area contributed by atoms with E-state index in [0.717, 1.165) is 43.5 Å². The van der Waals surface area contributed by atoms with Crippen molar-refractivity contribution in [3.63, 3.8) is 0 Å². The fourth-order valence-corrected chi connectivity index (χ4v) is 7.96. The molecule has 0 bridgehead atoms. The maximum absolute atomic E-state index is 12.7. The van der Waals surface area contributed by atoms with Crippen LogP contribution in [0.25, 0.3) is 0 Å². The SMILES string of the molecule is N#CC1CCCN1C(=O)CNCCC1(c2nn[nH]n2)C2CCCCC2CC2CCCCC21. The summed E-state index contributed by atoms with van der Waals surface area (Å²) in [5.41, 5.74) is -0.0414. The minimum atomic E-state index is -0.251. The lowest BCUT2D eigenvalue weighted by atomic mass is 9.46. The van der Waals surface area contributed by atoms with Crippen molar-refractivity contribution in [2.75, 3.05) is 19.6 Å². The number of nitrogens with one attached hydrogen (secondary N) is 2. The second-order valence-corrected chi connectivity index (χ2v) is 10.6. The Balaban J connectivity index is 1.33. The summed E-state index contributed by atoms with van der Waals surface area (Å²) in [6.45, 7) is 1.79. The number of likely N-dealkylation sites (tertiary alicyclic amines) is 1. The number of rotatable bonds is 6. The van der Waals surface area contributed by atoms with E-state index in [9.17, 15) is 10.1 Å². The molecule has 2 N–H and O–H groups in total. The Labute approximate surface area is 190 Å². The molecule has 2 heterocycles. The van der Waals surface area contributed by atoms with Crippen LogP contribution in [0.5, 0.6) is 0 Å². The molecule has 8 heteroatoms. The van der Waals surface area contributed by atoms with E-state index in [2.05, 4.69) is 32.0 Å². The Morgan fingerprint density at radius 2 is 1.81 bits per heavy atom. The summed E-state index contributed by atoms with van der Waals surface area (Å²) in [5.74, 6) is 3.74. The molecule has 1 amide bonds. The molecule has 174 valence electrons. The van der Waals surface area contributed by atoms with E-state index >= 15 is 0 Å². The molecule has 5 atom stereocenters. The van der Waals surface area contributed by atoms with Crippen molar-refractivity contribution in [1.29, 1.82) is 5.26 Å². The van der Waals surface area contributed by atoms with Crippen LogP contribution < -0.4 is 5.32 Å². The number of hydrogen-bond acceptors (Lipinski definition) is 6. The Kier molecular flexibility index (Phi) is 6.45. The Morgan fingerprint density at radius 1 is 1.09 bits per heavy atom. The summed E-state index contributed by atoms with van der Waals surface area (Å²) in [7, 11) is 0. The van der Waals surface area contributed by atoms with Gasteiger partial charge in [0.2, 0.25) is 5.91 Å². The number of fused-ring (bicyclic) bond motifs is 2. The molecule has 1 aromatic heterocycles. The number of aromatic amines is 1. The average molecular weight is 440 g/mol. The molecule has 4 fully saturated rings. The van der Waals surface area contributed by atoms with Crippen molar-refractivity contribution >= 4 is 5.91 Å². The third-order valence-corrected chi connectivity index (χ3v) is 9.22. The molecule has 5 rings (SSSR count). The molecule has 1 aromatic rings. The Morgan fingerprint density at radius 3 is 2.47 bits per heavy atom. The van der Waals surface area contributed by atoms with Crippen molar-refractivity contribution in [3.05, 3.63) is 5.82 Å². The number of aromatic nitrogens is 4. The van der Waals surface area contributed by atoms with Gasteiger partial charge < -0.3 is 10.2 Å². The molecule has 1 saturated heterocycles. The summed E-state index contributed by atoms with van der Waals surface area (Å²) >= 11 is 0. The van der Waals surface area contributed by atoms with E-state index in [-0.39, 0.29) is 17.4 Å². The van der Waals surface area contributed by atoms with Gasteiger partial charge in [0.1, 0.15) is 6.04 Å². The maximum atomic E-state index is 12.7. The van der Waals surface area contributed by atoms with Gasteiger partial charge in [0.15, 0.2) is 5.82 Å². The molecule has 0 spiro atoms. The molecule has 1 aliphatic heterocycles. The maximum Gasteiger partial charge on any atom is 0.237 e. The number of H-pyrrole nitrogens is 1. The predicted octanol–water partition coefficient (Wildman–Crippen LogP) is 2.95. The molecular formula is C24H37N7O. The van der Waals surface area contributed by atoms with Gasteiger partial charge >= 0.3 is 0 Å². The number of nitriles is 1. The van der Waals surface area contributed by atoms with Gasteiger partial charge in [-0.3, -0.25) is 4.79 Å². The number of nitrogens with zero attached hydrogens (tertiary/aromatic N) is 5. The molecule has 0 radical (unpaired) electrons. The van der Waals surface area contributed by atoms with Crippen LogP contribution in [0.1, 0.15) is 82.9 Å². The number of carbonyl (C=O) groups is 1. The summed E-state index contributed by atoms with van der Waals surface area (Å²) < 4.78 is 0. The van der Waals surface area contributed by atoms with Crippen molar-refractivity contribution in [3.8, 4) is 6.07 Å². The van der Waals surface area contributed by atoms with E-state index in [0.29, 0.717) is 24.9 Å². The van der Waals surface area contributed by atoms with Gasteiger partial charge in [-0.2, -0.15) is 10.5 Å². The Bertz CT molecular complexity index is 797. The highest BCUT2D eigenvalue weighted by Crippen LogP contribution is 2.60. The normalized spacial score (nSPS) is 36.8. The topological polar surface area (TPSA) is 111 Å². The lowest BCUT2D eigenvalue weighted by Crippen LogP contribution is -2.56. The molecule has 0 aromatic carbocycles. The number of tetrazole rings is 1. The summed E-state index contributed by atoms with van der Waals surface area (Å²) in [6.07, 6.45) is 14.6. The highest BCUT2D eigenvalue weighted by molar-refractivity contribution is 5.79. The second kappa shape index (κ2) is 9.46. The monoisotopic (exact) mass is 439 g/mol. The molecule has 5 unspecified atom stereocenters. The van der Waals surface area contributed by atoms with Crippen molar-refractivity contribution in [2.24, 2.45) is 23.7 Å². The van der Waals surface area contributed by atoms with Gasteiger partial charge in [-0.05, 0) is 68.7 Å². The van der Waals surface area contributed by atoms with Gasteiger partial charge in [-0.25, -0.2) is 0 Å². The molecule has 4 aliphatic rings. The van der Waals surface area contributed by atoms with Crippen molar-refractivity contribution in [2.45, 2.75) is 88.5 Å². The number of hydrogen-bond donors (Lipinski definition) is 2. The van der Waals surface area contributed by atoms with E-state index in [1.54, 1.807) is 4.90 Å². The number of amides is 1. The van der Waals surface area contributed by atoms with Gasteiger partial charge in [-0.15, -0.1) is 10.2 Å². The third-order valence-electron chi connectivity index (χ3n) is 9.22. The standard InChI is InChI=1S/C24H37N7O/c25-15-19-8-5-13-31(19)22(32)16-26-12-11-24(23-27-29-30-28-23)20-9-3-1-6-17(20)14-18-7-2-4-10-21(18)24/h17-21,26H,1-14,16H2,(H,27,28,29,30).